The highest BCUT2D eigenvalue weighted by Gasteiger charge is 2.35. The fourth-order valence-electron chi connectivity index (χ4n) is 1.68. The van der Waals surface area contributed by atoms with Crippen molar-refractivity contribution in [1.29, 1.82) is 0 Å². The lowest BCUT2D eigenvalue weighted by Gasteiger charge is -2.12. The van der Waals surface area contributed by atoms with Crippen LogP contribution in [0, 0.1) is 0 Å². The van der Waals surface area contributed by atoms with Gasteiger partial charge in [0, 0.05) is 12.7 Å². The summed E-state index contributed by atoms with van der Waals surface area (Å²) in [6, 6.07) is 3.33. The number of aromatic nitrogens is 1. The second kappa shape index (κ2) is 4.65. The number of carbonyl (C=O) groups excluding carboxylic acids is 2. The van der Waals surface area contributed by atoms with E-state index in [1.54, 1.807) is 23.9 Å². The number of imide groups is 1. The number of hydrogen-bond donors (Lipinski definition) is 0. The van der Waals surface area contributed by atoms with Crippen LogP contribution in [-0.2, 0) is 0 Å². The molecule has 0 aromatic carbocycles. The first-order valence-corrected chi connectivity index (χ1v) is 6.45. The minimum atomic E-state index is -0.262. The molecule has 1 aliphatic rings. The van der Waals surface area contributed by atoms with Crippen LogP contribution in [0.15, 0.2) is 18.3 Å². The van der Waals surface area contributed by atoms with Crippen LogP contribution in [0.4, 0.5) is 0 Å². The molecule has 0 fully saturated rings. The number of thioether (sulfide) groups is 1. The van der Waals surface area contributed by atoms with Crippen molar-refractivity contribution in [2.45, 2.75) is 6.42 Å². The van der Waals surface area contributed by atoms with E-state index in [-0.39, 0.29) is 17.5 Å². The van der Waals surface area contributed by atoms with Gasteiger partial charge in [0.1, 0.15) is 5.69 Å². The van der Waals surface area contributed by atoms with E-state index in [0.717, 1.165) is 12.2 Å². The molecule has 1 aliphatic heterocycles. The van der Waals surface area contributed by atoms with Gasteiger partial charge in [-0.2, -0.15) is 11.8 Å². The summed E-state index contributed by atoms with van der Waals surface area (Å²) in [6.07, 6.45) is 4.37. The van der Waals surface area contributed by atoms with Crippen molar-refractivity contribution in [1.82, 2.24) is 9.88 Å². The van der Waals surface area contributed by atoms with Gasteiger partial charge < -0.3 is 0 Å². The predicted octanol–water partition coefficient (Wildman–Crippen LogP) is 1.43. The number of amides is 2. The molecule has 1 aromatic rings. The monoisotopic (exact) mass is 236 g/mol. The Labute approximate surface area is 98.0 Å². The molecule has 0 saturated heterocycles. The quantitative estimate of drug-likeness (QED) is 0.586. The molecular weight excluding hydrogens is 224 g/mol. The Morgan fingerprint density at radius 2 is 2.19 bits per heavy atom. The molecule has 0 saturated carbocycles. The molecule has 84 valence electrons. The van der Waals surface area contributed by atoms with Crippen LogP contribution in [0.1, 0.15) is 27.3 Å². The van der Waals surface area contributed by atoms with Crippen LogP contribution in [0.25, 0.3) is 0 Å². The Kier molecular flexibility index (Phi) is 3.24. The van der Waals surface area contributed by atoms with Crippen LogP contribution >= 0.6 is 11.8 Å². The second-order valence-electron chi connectivity index (χ2n) is 3.51. The fourth-order valence-corrected chi connectivity index (χ4v) is 2.10. The Hall–Kier alpha value is -1.36. The van der Waals surface area contributed by atoms with Crippen LogP contribution in [0.2, 0.25) is 0 Å². The lowest BCUT2D eigenvalue weighted by molar-refractivity contribution is 0.0653. The van der Waals surface area contributed by atoms with Gasteiger partial charge in [-0.05, 0) is 30.6 Å². The number of fused-ring (bicyclic) bond motifs is 1. The standard InChI is InChI=1S/C11H12N2O2S/c1-16-7-3-6-13-10(14)8-4-2-5-12-9(8)11(13)15/h2,4-5H,3,6-7H2,1H3. The number of pyridine rings is 1. The summed E-state index contributed by atoms with van der Waals surface area (Å²) in [4.78, 5) is 28.9. The van der Waals surface area contributed by atoms with Crippen LogP contribution in [0.5, 0.6) is 0 Å². The van der Waals surface area contributed by atoms with E-state index in [1.165, 1.54) is 11.1 Å². The van der Waals surface area contributed by atoms with Crippen molar-refractivity contribution in [3.63, 3.8) is 0 Å². The van der Waals surface area contributed by atoms with Crippen LogP contribution in [-0.4, -0.2) is 40.3 Å². The van der Waals surface area contributed by atoms with E-state index in [9.17, 15) is 9.59 Å². The molecule has 2 rings (SSSR count). The van der Waals surface area contributed by atoms with Crippen molar-refractivity contribution in [3.8, 4) is 0 Å². The summed E-state index contributed by atoms with van der Waals surface area (Å²) >= 11 is 1.71. The Balaban J connectivity index is 2.15. The molecule has 2 heterocycles. The fraction of sp³-hybridized carbons (Fsp3) is 0.364. The average Bonchev–Trinajstić information content (AvgIpc) is 2.55. The summed E-state index contributed by atoms with van der Waals surface area (Å²) < 4.78 is 0. The molecule has 0 aliphatic carbocycles. The molecule has 4 nitrogen and oxygen atoms in total. The first-order chi connectivity index (χ1) is 7.75. The normalized spacial score (nSPS) is 14.4. The smallest absolute Gasteiger partial charge is 0.273 e. The Morgan fingerprint density at radius 3 is 2.88 bits per heavy atom. The number of hydrogen-bond acceptors (Lipinski definition) is 4. The van der Waals surface area contributed by atoms with Gasteiger partial charge in [0.05, 0.1) is 5.56 Å². The third kappa shape index (κ3) is 1.82. The van der Waals surface area contributed by atoms with E-state index in [0.29, 0.717) is 12.1 Å². The van der Waals surface area contributed by atoms with Crippen molar-refractivity contribution >= 4 is 23.6 Å². The SMILES string of the molecule is CSCCCN1C(=O)c2cccnc2C1=O. The van der Waals surface area contributed by atoms with Gasteiger partial charge >= 0.3 is 0 Å². The zero-order valence-corrected chi connectivity index (χ0v) is 9.79. The predicted molar refractivity (Wildman–Crippen MR) is 62.6 cm³/mol. The van der Waals surface area contributed by atoms with Crippen LogP contribution < -0.4 is 0 Å². The summed E-state index contributed by atoms with van der Waals surface area (Å²) in [5, 5.41) is 0. The Morgan fingerprint density at radius 1 is 1.38 bits per heavy atom. The number of carbonyl (C=O) groups is 2. The van der Waals surface area contributed by atoms with E-state index >= 15 is 0 Å². The average molecular weight is 236 g/mol. The molecule has 1 aromatic heterocycles. The summed E-state index contributed by atoms with van der Waals surface area (Å²) in [5.74, 6) is 0.469. The molecule has 5 heteroatoms. The third-order valence-electron chi connectivity index (χ3n) is 2.46. The van der Waals surface area contributed by atoms with E-state index in [1.807, 2.05) is 6.26 Å². The Bertz CT molecular complexity index is 399. The molecule has 16 heavy (non-hydrogen) atoms. The van der Waals surface area contributed by atoms with Crippen molar-refractivity contribution in [2.75, 3.05) is 18.6 Å². The molecule has 0 unspecified atom stereocenters. The highest BCUT2D eigenvalue weighted by molar-refractivity contribution is 7.98. The lowest BCUT2D eigenvalue weighted by Crippen LogP contribution is -2.31. The maximum absolute atomic E-state index is 11.9. The van der Waals surface area contributed by atoms with E-state index in [4.69, 9.17) is 0 Å². The molecule has 0 N–H and O–H groups in total. The van der Waals surface area contributed by atoms with Gasteiger partial charge in [-0.1, -0.05) is 0 Å². The van der Waals surface area contributed by atoms with Gasteiger partial charge in [-0.3, -0.25) is 19.5 Å². The van der Waals surface area contributed by atoms with Crippen molar-refractivity contribution in [3.05, 3.63) is 29.6 Å². The molecular formula is C11H12N2O2S. The number of nitrogens with zero attached hydrogens (tertiary/aromatic N) is 2. The summed E-state index contributed by atoms with van der Waals surface area (Å²) in [7, 11) is 0. The molecule has 0 atom stereocenters. The molecule has 0 spiro atoms. The van der Waals surface area contributed by atoms with Crippen molar-refractivity contribution < 1.29 is 9.59 Å². The van der Waals surface area contributed by atoms with Gasteiger partial charge in [0.15, 0.2) is 0 Å². The first-order valence-electron chi connectivity index (χ1n) is 5.06. The summed E-state index contributed by atoms with van der Waals surface area (Å²) in [5.41, 5.74) is 0.716. The largest absolute Gasteiger partial charge is 0.280 e. The van der Waals surface area contributed by atoms with Gasteiger partial charge in [-0.25, -0.2) is 0 Å². The van der Waals surface area contributed by atoms with Gasteiger partial charge in [-0.15, -0.1) is 0 Å². The van der Waals surface area contributed by atoms with Crippen LogP contribution in [0.3, 0.4) is 0 Å². The minimum Gasteiger partial charge on any atom is -0.273 e. The zero-order valence-electron chi connectivity index (χ0n) is 8.97. The molecule has 0 bridgehead atoms. The van der Waals surface area contributed by atoms with Gasteiger partial charge in [0.2, 0.25) is 0 Å². The second-order valence-corrected chi connectivity index (χ2v) is 4.49. The summed E-state index contributed by atoms with van der Waals surface area (Å²) in [6.45, 7) is 0.481. The lowest BCUT2D eigenvalue weighted by atomic mass is 10.2. The van der Waals surface area contributed by atoms with Crippen molar-refractivity contribution in [2.24, 2.45) is 0 Å². The zero-order chi connectivity index (χ0) is 11.5. The molecule has 0 radical (unpaired) electrons. The highest BCUT2D eigenvalue weighted by atomic mass is 32.2. The minimum absolute atomic E-state index is 0.214. The number of rotatable bonds is 4. The maximum atomic E-state index is 11.9. The molecule has 2 amide bonds. The first kappa shape index (κ1) is 11.1. The van der Waals surface area contributed by atoms with E-state index < -0.39 is 0 Å². The third-order valence-corrected chi connectivity index (χ3v) is 3.16. The highest BCUT2D eigenvalue weighted by Crippen LogP contribution is 2.20. The maximum Gasteiger partial charge on any atom is 0.280 e. The topological polar surface area (TPSA) is 50.3 Å². The van der Waals surface area contributed by atoms with E-state index in [2.05, 4.69) is 4.98 Å². The van der Waals surface area contributed by atoms with Gasteiger partial charge in [0.25, 0.3) is 11.8 Å².